The number of amides is 1. The van der Waals surface area contributed by atoms with Gasteiger partial charge >= 0.3 is 0 Å². The summed E-state index contributed by atoms with van der Waals surface area (Å²) in [7, 11) is 0. The maximum atomic E-state index is 12.1. The number of piperidine rings is 1. The van der Waals surface area contributed by atoms with Gasteiger partial charge in [-0.05, 0) is 18.4 Å². The lowest BCUT2D eigenvalue weighted by Crippen LogP contribution is -2.44. The number of pyridine rings is 1. The maximum Gasteiger partial charge on any atom is 0.255 e. The molecule has 1 aromatic heterocycles. The van der Waals surface area contributed by atoms with Crippen LogP contribution in [0, 0.1) is 5.92 Å². The number of carbonyl (C=O) groups is 1. The first kappa shape index (κ1) is 11.9. The summed E-state index contributed by atoms with van der Waals surface area (Å²) in [5.74, 6) is -0.0777. The van der Waals surface area contributed by atoms with Crippen molar-refractivity contribution in [1.29, 1.82) is 0 Å². The van der Waals surface area contributed by atoms with E-state index in [9.17, 15) is 15.0 Å². The van der Waals surface area contributed by atoms with E-state index in [2.05, 4.69) is 4.98 Å². The van der Waals surface area contributed by atoms with Crippen molar-refractivity contribution < 1.29 is 15.0 Å². The van der Waals surface area contributed by atoms with Crippen LogP contribution in [0.1, 0.15) is 23.7 Å². The molecule has 92 valence electrons. The van der Waals surface area contributed by atoms with Crippen molar-refractivity contribution in [3.05, 3.63) is 24.0 Å². The molecule has 1 amide bonds. The van der Waals surface area contributed by atoms with Crippen LogP contribution >= 0.6 is 0 Å². The summed E-state index contributed by atoms with van der Waals surface area (Å²) in [6, 6.07) is 1.41. The molecular formula is C12H16N2O3. The van der Waals surface area contributed by atoms with Crippen molar-refractivity contribution in [2.45, 2.75) is 19.4 Å². The molecule has 2 unspecified atom stereocenters. The molecule has 2 rings (SSSR count). The van der Waals surface area contributed by atoms with E-state index in [-0.39, 0.29) is 23.7 Å². The van der Waals surface area contributed by atoms with Crippen LogP contribution in [-0.4, -0.2) is 45.2 Å². The average molecular weight is 236 g/mol. The monoisotopic (exact) mass is 236 g/mol. The molecule has 17 heavy (non-hydrogen) atoms. The van der Waals surface area contributed by atoms with Crippen LogP contribution in [0.2, 0.25) is 0 Å². The lowest BCUT2D eigenvalue weighted by Gasteiger charge is -2.34. The molecule has 0 saturated carbocycles. The van der Waals surface area contributed by atoms with Crippen molar-refractivity contribution in [2.24, 2.45) is 5.92 Å². The van der Waals surface area contributed by atoms with Gasteiger partial charge in [-0.1, -0.05) is 6.92 Å². The summed E-state index contributed by atoms with van der Waals surface area (Å²) >= 11 is 0. The number of likely N-dealkylation sites (tertiary alicyclic amines) is 1. The third-order valence-electron chi connectivity index (χ3n) is 3.12. The first-order valence-corrected chi connectivity index (χ1v) is 5.69. The number of aromatic hydroxyl groups is 1. The van der Waals surface area contributed by atoms with Gasteiger partial charge in [0.2, 0.25) is 0 Å². The van der Waals surface area contributed by atoms with Gasteiger partial charge in [0.25, 0.3) is 5.91 Å². The van der Waals surface area contributed by atoms with Gasteiger partial charge in [-0.25, -0.2) is 0 Å². The number of rotatable bonds is 1. The summed E-state index contributed by atoms with van der Waals surface area (Å²) in [4.78, 5) is 17.6. The Bertz CT molecular complexity index is 422. The Morgan fingerprint density at radius 2 is 2.29 bits per heavy atom. The zero-order valence-corrected chi connectivity index (χ0v) is 9.71. The third kappa shape index (κ3) is 2.55. The second-order valence-corrected chi connectivity index (χ2v) is 4.52. The van der Waals surface area contributed by atoms with Crippen molar-refractivity contribution in [2.75, 3.05) is 13.1 Å². The van der Waals surface area contributed by atoms with Crippen LogP contribution in [-0.2, 0) is 0 Å². The summed E-state index contributed by atoms with van der Waals surface area (Å²) in [6.45, 7) is 3.00. The summed E-state index contributed by atoms with van der Waals surface area (Å²) in [6.07, 6.45) is 3.00. The molecule has 1 aromatic rings. The Balaban J connectivity index is 2.10. The van der Waals surface area contributed by atoms with Crippen LogP contribution in [0.25, 0.3) is 0 Å². The van der Waals surface area contributed by atoms with E-state index in [1.807, 2.05) is 6.92 Å². The highest BCUT2D eigenvalue weighted by Gasteiger charge is 2.27. The van der Waals surface area contributed by atoms with Crippen LogP contribution in [0.15, 0.2) is 18.5 Å². The fraction of sp³-hybridized carbons (Fsp3) is 0.500. The quantitative estimate of drug-likeness (QED) is 0.750. The van der Waals surface area contributed by atoms with Gasteiger partial charge in [0.1, 0.15) is 5.75 Å². The molecule has 0 spiro atoms. The average Bonchev–Trinajstić information content (AvgIpc) is 2.32. The highest BCUT2D eigenvalue weighted by atomic mass is 16.3. The maximum absolute atomic E-state index is 12.1. The Morgan fingerprint density at radius 1 is 1.53 bits per heavy atom. The van der Waals surface area contributed by atoms with Gasteiger partial charge in [0, 0.05) is 19.3 Å². The molecule has 0 bridgehead atoms. The molecule has 1 aliphatic rings. The number of aliphatic hydroxyl groups excluding tert-OH is 1. The van der Waals surface area contributed by atoms with E-state index in [0.717, 1.165) is 0 Å². The van der Waals surface area contributed by atoms with E-state index in [1.165, 1.54) is 18.5 Å². The minimum absolute atomic E-state index is 0.0130. The lowest BCUT2D eigenvalue weighted by molar-refractivity contribution is 0.0297. The van der Waals surface area contributed by atoms with Gasteiger partial charge in [-0.3, -0.25) is 9.78 Å². The van der Waals surface area contributed by atoms with Crippen LogP contribution in [0.3, 0.4) is 0 Å². The molecule has 1 fully saturated rings. The molecule has 2 heterocycles. The molecule has 1 aliphatic heterocycles. The van der Waals surface area contributed by atoms with Gasteiger partial charge < -0.3 is 15.1 Å². The number of aromatic nitrogens is 1. The SMILES string of the molecule is CC1CN(C(=O)c2cncc(O)c2)CCC1O. The Labute approximate surface area is 99.7 Å². The van der Waals surface area contributed by atoms with Crippen molar-refractivity contribution in [3.63, 3.8) is 0 Å². The molecule has 0 aliphatic carbocycles. The smallest absolute Gasteiger partial charge is 0.255 e. The highest BCUT2D eigenvalue weighted by molar-refractivity contribution is 5.94. The summed E-state index contributed by atoms with van der Waals surface area (Å²) < 4.78 is 0. The van der Waals surface area contributed by atoms with Crippen molar-refractivity contribution in [3.8, 4) is 5.75 Å². The Kier molecular flexibility index (Phi) is 3.28. The highest BCUT2D eigenvalue weighted by Crippen LogP contribution is 2.19. The van der Waals surface area contributed by atoms with Gasteiger partial charge in [-0.2, -0.15) is 0 Å². The van der Waals surface area contributed by atoms with Crippen molar-refractivity contribution >= 4 is 5.91 Å². The van der Waals surface area contributed by atoms with E-state index in [1.54, 1.807) is 4.90 Å². The third-order valence-corrected chi connectivity index (χ3v) is 3.12. The number of nitrogens with zero attached hydrogens (tertiary/aromatic N) is 2. The first-order valence-electron chi connectivity index (χ1n) is 5.69. The Hall–Kier alpha value is -1.62. The summed E-state index contributed by atoms with van der Waals surface area (Å²) in [5.41, 5.74) is 0.383. The number of hydrogen-bond acceptors (Lipinski definition) is 4. The van der Waals surface area contributed by atoms with Crippen LogP contribution in [0.4, 0.5) is 0 Å². The fourth-order valence-electron chi connectivity index (χ4n) is 2.04. The van der Waals surface area contributed by atoms with E-state index in [0.29, 0.717) is 25.1 Å². The first-order chi connectivity index (χ1) is 8.08. The molecule has 2 atom stereocenters. The molecule has 0 radical (unpaired) electrons. The fourth-order valence-corrected chi connectivity index (χ4v) is 2.04. The minimum atomic E-state index is -0.332. The largest absolute Gasteiger partial charge is 0.506 e. The molecule has 5 heteroatoms. The predicted octanol–water partition coefficient (Wildman–Crippen LogP) is 0.630. The van der Waals surface area contributed by atoms with E-state index >= 15 is 0 Å². The standard InChI is InChI=1S/C12H16N2O3/c1-8-7-14(3-2-11(8)16)12(17)9-4-10(15)6-13-5-9/h4-6,8,11,15-16H,2-3,7H2,1H3. The van der Waals surface area contributed by atoms with Crippen LogP contribution < -0.4 is 0 Å². The van der Waals surface area contributed by atoms with Crippen LogP contribution in [0.5, 0.6) is 5.75 Å². The van der Waals surface area contributed by atoms with Gasteiger partial charge in [-0.15, -0.1) is 0 Å². The van der Waals surface area contributed by atoms with E-state index < -0.39 is 0 Å². The zero-order chi connectivity index (χ0) is 12.4. The van der Waals surface area contributed by atoms with Gasteiger partial charge in [0.05, 0.1) is 17.9 Å². The minimum Gasteiger partial charge on any atom is -0.506 e. The second kappa shape index (κ2) is 4.71. The number of carbonyl (C=O) groups excluding carboxylic acids is 1. The lowest BCUT2D eigenvalue weighted by atomic mass is 9.96. The molecule has 2 N–H and O–H groups in total. The molecule has 5 nitrogen and oxygen atoms in total. The second-order valence-electron chi connectivity index (χ2n) is 4.52. The normalized spacial score (nSPS) is 24.7. The number of aliphatic hydroxyl groups is 1. The van der Waals surface area contributed by atoms with Crippen molar-refractivity contribution in [1.82, 2.24) is 9.88 Å². The summed E-state index contributed by atoms with van der Waals surface area (Å²) in [5, 5.41) is 18.9. The van der Waals surface area contributed by atoms with Gasteiger partial charge in [0.15, 0.2) is 0 Å². The molecule has 0 aromatic carbocycles. The topological polar surface area (TPSA) is 73.7 Å². The predicted molar refractivity (Wildman–Crippen MR) is 61.6 cm³/mol. The molecule has 1 saturated heterocycles. The van der Waals surface area contributed by atoms with E-state index in [4.69, 9.17) is 0 Å². The molecular weight excluding hydrogens is 220 g/mol. The zero-order valence-electron chi connectivity index (χ0n) is 9.71. The number of hydrogen-bond donors (Lipinski definition) is 2. The Morgan fingerprint density at radius 3 is 2.94 bits per heavy atom.